The van der Waals surface area contributed by atoms with E-state index in [1.807, 2.05) is 18.0 Å². The van der Waals surface area contributed by atoms with Crippen LogP contribution in [0, 0.1) is 5.92 Å². The molecule has 1 heterocycles. The summed E-state index contributed by atoms with van der Waals surface area (Å²) in [5, 5.41) is 0. The summed E-state index contributed by atoms with van der Waals surface area (Å²) in [4.78, 5) is 0. The summed E-state index contributed by atoms with van der Waals surface area (Å²) in [6.07, 6.45) is 5.28. The number of alkyl halides is 1. The second kappa shape index (κ2) is 5.30. The molecule has 64 valence electrons. The molecule has 0 aromatic carbocycles. The van der Waals surface area contributed by atoms with Crippen LogP contribution >= 0.6 is 34.4 Å². The number of thioether (sulfide) groups is 1. The molecule has 0 saturated heterocycles. The molecule has 2 atom stereocenters. The van der Waals surface area contributed by atoms with Crippen molar-refractivity contribution in [3.05, 3.63) is 12.3 Å². The standard InChI is InChI=1S/C8H13IOS/c1-2-11-8-7(3-5-9)4-6-10-8/h4,6-8H,2-3,5H2,1H3/t7-,8+/m1/s1. The van der Waals surface area contributed by atoms with Crippen LogP contribution in [-0.4, -0.2) is 15.6 Å². The summed E-state index contributed by atoms with van der Waals surface area (Å²) < 4.78 is 6.66. The molecule has 0 aromatic rings. The van der Waals surface area contributed by atoms with E-state index in [1.54, 1.807) is 0 Å². The Morgan fingerprint density at radius 1 is 1.64 bits per heavy atom. The minimum Gasteiger partial charge on any atom is -0.487 e. The van der Waals surface area contributed by atoms with Crippen molar-refractivity contribution in [2.75, 3.05) is 10.2 Å². The van der Waals surface area contributed by atoms with Crippen molar-refractivity contribution in [2.24, 2.45) is 5.92 Å². The van der Waals surface area contributed by atoms with Crippen LogP contribution in [0.15, 0.2) is 12.3 Å². The third kappa shape index (κ3) is 2.86. The highest BCUT2D eigenvalue weighted by Crippen LogP contribution is 2.30. The Labute approximate surface area is 86.1 Å². The second-order valence-corrected chi connectivity index (χ2v) is 4.88. The minimum atomic E-state index is 0.398. The monoisotopic (exact) mass is 284 g/mol. The van der Waals surface area contributed by atoms with Crippen LogP contribution in [0.5, 0.6) is 0 Å². The molecule has 0 radical (unpaired) electrons. The molecule has 0 bridgehead atoms. The average Bonchev–Trinajstić information content (AvgIpc) is 2.39. The Morgan fingerprint density at radius 3 is 3.09 bits per heavy atom. The molecule has 0 fully saturated rings. The van der Waals surface area contributed by atoms with E-state index in [-0.39, 0.29) is 0 Å². The summed E-state index contributed by atoms with van der Waals surface area (Å²) in [5.41, 5.74) is 0.398. The van der Waals surface area contributed by atoms with Crippen LogP contribution in [0.3, 0.4) is 0 Å². The average molecular weight is 284 g/mol. The van der Waals surface area contributed by atoms with Crippen LogP contribution in [0.4, 0.5) is 0 Å². The van der Waals surface area contributed by atoms with E-state index >= 15 is 0 Å². The normalized spacial score (nSPS) is 28.9. The second-order valence-electron chi connectivity index (χ2n) is 2.43. The molecule has 0 saturated carbocycles. The molecule has 0 aromatic heterocycles. The lowest BCUT2D eigenvalue weighted by atomic mass is 10.1. The summed E-state index contributed by atoms with van der Waals surface area (Å²) in [6, 6.07) is 0. The Morgan fingerprint density at radius 2 is 2.45 bits per heavy atom. The third-order valence-electron chi connectivity index (χ3n) is 1.66. The summed E-state index contributed by atoms with van der Waals surface area (Å²) >= 11 is 4.32. The van der Waals surface area contributed by atoms with Gasteiger partial charge in [0.2, 0.25) is 0 Å². The zero-order chi connectivity index (χ0) is 8.10. The van der Waals surface area contributed by atoms with Crippen molar-refractivity contribution in [1.82, 2.24) is 0 Å². The molecule has 0 aliphatic carbocycles. The summed E-state index contributed by atoms with van der Waals surface area (Å²) in [6.45, 7) is 2.17. The fourth-order valence-electron chi connectivity index (χ4n) is 1.10. The molecule has 0 N–H and O–H groups in total. The first-order valence-corrected chi connectivity index (χ1v) is 6.45. The van der Waals surface area contributed by atoms with Crippen LogP contribution < -0.4 is 0 Å². The van der Waals surface area contributed by atoms with Gasteiger partial charge in [-0.3, -0.25) is 0 Å². The van der Waals surface area contributed by atoms with E-state index in [9.17, 15) is 0 Å². The quantitative estimate of drug-likeness (QED) is 0.579. The SMILES string of the molecule is CCS[C@@H]1OC=C[C@H]1CCI. The predicted octanol–water partition coefficient (Wildman–Crippen LogP) is 3.05. The van der Waals surface area contributed by atoms with E-state index in [0.29, 0.717) is 11.4 Å². The van der Waals surface area contributed by atoms with Gasteiger partial charge in [-0.25, -0.2) is 0 Å². The van der Waals surface area contributed by atoms with Gasteiger partial charge >= 0.3 is 0 Å². The number of halogens is 1. The number of hydrogen-bond acceptors (Lipinski definition) is 2. The molecule has 1 nitrogen and oxygen atoms in total. The van der Waals surface area contributed by atoms with Crippen molar-refractivity contribution in [2.45, 2.75) is 18.8 Å². The molecule has 11 heavy (non-hydrogen) atoms. The molecule has 1 aliphatic rings. The number of rotatable bonds is 4. The first kappa shape index (κ1) is 9.71. The Balaban J connectivity index is 2.30. The van der Waals surface area contributed by atoms with E-state index in [4.69, 9.17) is 4.74 Å². The van der Waals surface area contributed by atoms with E-state index < -0.39 is 0 Å². The zero-order valence-corrected chi connectivity index (χ0v) is 9.60. The topological polar surface area (TPSA) is 9.23 Å². The molecule has 3 heteroatoms. The van der Waals surface area contributed by atoms with Crippen molar-refractivity contribution in [3.63, 3.8) is 0 Å². The van der Waals surface area contributed by atoms with Gasteiger partial charge in [0.25, 0.3) is 0 Å². The fourth-order valence-corrected chi connectivity index (χ4v) is 2.77. The Kier molecular flexibility index (Phi) is 4.67. The maximum atomic E-state index is 5.44. The Hall–Kier alpha value is 0.620. The third-order valence-corrected chi connectivity index (χ3v) is 3.41. The molecule has 0 spiro atoms. The maximum Gasteiger partial charge on any atom is 0.149 e. The van der Waals surface area contributed by atoms with Gasteiger partial charge in [0, 0.05) is 10.3 Å². The molecule has 1 aliphatic heterocycles. The number of ether oxygens (including phenoxy) is 1. The van der Waals surface area contributed by atoms with Crippen molar-refractivity contribution in [1.29, 1.82) is 0 Å². The highest BCUT2D eigenvalue weighted by molar-refractivity contribution is 14.1. The molecule has 1 rings (SSSR count). The van der Waals surface area contributed by atoms with Gasteiger partial charge in [-0.2, -0.15) is 0 Å². The van der Waals surface area contributed by atoms with Crippen molar-refractivity contribution >= 4 is 34.4 Å². The zero-order valence-electron chi connectivity index (χ0n) is 6.63. The van der Waals surface area contributed by atoms with Gasteiger partial charge in [-0.05, 0) is 18.2 Å². The smallest absolute Gasteiger partial charge is 0.149 e. The van der Waals surface area contributed by atoms with Gasteiger partial charge in [-0.15, -0.1) is 11.8 Å². The first-order valence-electron chi connectivity index (χ1n) is 3.88. The van der Waals surface area contributed by atoms with Crippen LogP contribution in [0.2, 0.25) is 0 Å². The van der Waals surface area contributed by atoms with Crippen molar-refractivity contribution < 1.29 is 4.74 Å². The first-order chi connectivity index (χ1) is 5.38. The van der Waals surface area contributed by atoms with Crippen LogP contribution in [-0.2, 0) is 4.74 Å². The highest BCUT2D eigenvalue weighted by Gasteiger charge is 2.23. The van der Waals surface area contributed by atoms with Gasteiger partial charge in [0.15, 0.2) is 0 Å². The highest BCUT2D eigenvalue weighted by atomic mass is 127. The van der Waals surface area contributed by atoms with Gasteiger partial charge < -0.3 is 4.74 Å². The number of hydrogen-bond donors (Lipinski definition) is 0. The van der Waals surface area contributed by atoms with E-state index in [2.05, 4.69) is 35.6 Å². The predicted molar refractivity (Wildman–Crippen MR) is 59.1 cm³/mol. The van der Waals surface area contributed by atoms with Crippen molar-refractivity contribution in [3.8, 4) is 0 Å². The van der Waals surface area contributed by atoms with Crippen LogP contribution in [0.1, 0.15) is 13.3 Å². The van der Waals surface area contributed by atoms with E-state index in [1.165, 1.54) is 10.8 Å². The van der Waals surface area contributed by atoms with E-state index in [0.717, 1.165) is 5.75 Å². The molecule has 0 unspecified atom stereocenters. The Bertz CT molecular complexity index is 138. The minimum absolute atomic E-state index is 0.398. The van der Waals surface area contributed by atoms with Gasteiger partial charge in [-0.1, -0.05) is 29.5 Å². The lowest BCUT2D eigenvalue weighted by Crippen LogP contribution is -2.12. The van der Waals surface area contributed by atoms with Gasteiger partial charge in [0.05, 0.1) is 6.26 Å². The summed E-state index contributed by atoms with van der Waals surface area (Å²) in [7, 11) is 0. The maximum absolute atomic E-state index is 5.44. The summed E-state index contributed by atoms with van der Waals surface area (Å²) in [5.74, 6) is 1.79. The molecular weight excluding hydrogens is 271 g/mol. The molecule has 0 amide bonds. The fraction of sp³-hybridized carbons (Fsp3) is 0.750. The van der Waals surface area contributed by atoms with Crippen LogP contribution in [0.25, 0.3) is 0 Å². The molecular formula is C8H13IOS. The lowest BCUT2D eigenvalue weighted by Gasteiger charge is -2.15. The largest absolute Gasteiger partial charge is 0.487 e. The lowest BCUT2D eigenvalue weighted by molar-refractivity contribution is 0.215. The van der Waals surface area contributed by atoms with Gasteiger partial charge in [0.1, 0.15) is 5.44 Å².